The quantitative estimate of drug-likeness (QED) is 0.853. The average molecular weight is 301 g/mol. The lowest BCUT2D eigenvalue weighted by atomic mass is 10.2. The molecule has 1 amide bonds. The van der Waals surface area contributed by atoms with Crippen molar-refractivity contribution in [3.8, 4) is 5.75 Å². The Bertz CT molecular complexity index is 610. The Kier molecular flexibility index (Phi) is 5.28. The van der Waals surface area contributed by atoms with Crippen molar-refractivity contribution in [2.24, 2.45) is 0 Å². The van der Waals surface area contributed by atoms with Crippen LogP contribution in [0.25, 0.3) is 0 Å². The maximum atomic E-state index is 12.4. The molecular weight excluding hydrogens is 282 g/mol. The smallest absolute Gasteiger partial charge is 0.237 e. The highest BCUT2D eigenvalue weighted by Crippen LogP contribution is 2.24. The van der Waals surface area contributed by atoms with Gasteiger partial charge in [-0.1, -0.05) is 18.2 Å². The monoisotopic (exact) mass is 301 g/mol. The fraction of sp³-hybridized carbons (Fsp3) is 0.235. The Hall–Kier alpha value is -1.94. The van der Waals surface area contributed by atoms with Crippen molar-refractivity contribution in [1.29, 1.82) is 0 Å². The summed E-state index contributed by atoms with van der Waals surface area (Å²) in [6.45, 7) is 4.65. The maximum absolute atomic E-state index is 12.4. The highest BCUT2D eigenvalue weighted by Gasteiger charge is 2.15. The van der Waals surface area contributed by atoms with E-state index < -0.39 is 0 Å². The van der Waals surface area contributed by atoms with Gasteiger partial charge in [0.05, 0.1) is 5.75 Å². The van der Waals surface area contributed by atoms with Crippen molar-refractivity contribution in [3.63, 3.8) is 0 Å². The van der Waals surface area contributed by atoms with Gasteiger partial charge >= 0.3 is 0 Å². The lowest BCUT2D eigenvalue weighted by Crippen LogP contribution is -2.32. The number of thioether (sulfide) groups is 1. The van der Waals surface area contributed by atoms with Crippen LogP contribution in [0.15, 0.2) is 53.4 Å². The summed E-state index contributed by atoms with van der Waals surface area (Å²) in [5.41, 5.74) is 2.07. The number of carbonyl (C=O) groups is 1. The Morgan fingerprint density at radius 2 is 1.81 bits per heavy atom. The topological polar surface area (TPSA) is 40.5 Å². The molecule has 0 radical (unpaired) electrons. The van der Waals surface area contributed by atoms with Crippen LogP contribution in [0.5, 0.6) is 5.75 Å². The van der Waals surface area contributed by atoms with Crippen molar-refractivity contribution in [2.75, 3.05) is 17.2 Å². The van der Waals surface area contributed by atoms with Crippen LogP contribution in [0.1, 0.15) is 12.5 Å². The van der Waals surface area contributed by atoms with Gasteiger partial charge in [-0.05, 0) is 49.7 Å². The van der Waals surface area contributed by atoms with E-state index in [1.165, 1.54) is 11.8 Å². The first-order valence-corrected chi connectivity index (χ1v) is 7.88. The molecule has 0 saturated carbocycles. The number of aromatic hydroxyl groups is 1. The van der Waals surface area contributed by atoms with E-state index in [2.05, 4.69) is 0 Å². The maximum Gasteiger partial charge on any atom is 0.237 e. The standard InChI is InChI=1S/C17H19NO2S/c1-3-18(16-7-5-4-6-13(16)2)17(20)12-21-15-10-8-14(19)9-11-15/h4-11,19H,3,12H2,1-2H3. The second-order valence-corrected chi connectivity index (χ2v) is 5.76. The minimum absolute atomic E-state index is 0.0878. The van der Waals surface area contributed by atoms with Crippen molar-refractivity contribution in [2.45, 2.75) is 18.7 Å². The Balaban J connectivity index is 2.04. The first-order valence-electron chi connectivity index (χ1n) is 6.89. The molecule has 3 nitrogen and oxygen atoms in total. The lowest BCUT2D eigenvalue weighted by Gasteiger charge is -2.22. The van der Waals surface area contributed by atoms with Crippen LogP contribution in [0.4, 0.5) is 5.69 Å². The van der Waals surface area contributed by atoms with E-state index in [0.717, 1.165) is 16.1 Å². The third-order valence-corrected chi connectivity index (χ3v) is 4.22. The van der Waals surface area contributed by atoms with E-state index in [4.69, 9.17) is 0 Å². The fourth-order valence-electron chi connectivity index (χ4n) is 2.11. The van der Waals surface area contributed by atoms with E-state index in [1.54, 1.807) is 12.1 Å². The van der Waals surface area contributed by atoms with Gasteiger partial charge in [-0.15, -0.1) is 11.8 Å². The zero-order valence-corrected chi connectivity index (χ0v) is 13.1. The van der Waals surface area contributed by atoms with E-state index in [-0.39, 0.29) is 11.7 Å². The number of para-hydroxylation sites is 1. The lowest BCUT2D eigenvalue weighted by molar-refractivity contribution is -0.116. The van der Waals surface area contributed by atoms with Gasteiger partial charge in [0.2, 0.25) is 5.91 Å². The Labute approximate surface area is 129 Å². The van der Waals surface area contributed by atoms with Crippen LogP contribution in [-0.4, -0.2) is 23.3 Å². The molecule has 2 aromatic carbocycles. The van der Waals surface area contributed by atoms with Crippen molar-refractivity contribution < 1.29 is 9.90 Å². The number of hydrogen-bond acceptors (Lipinski definition) is 3. The van der Waals surface area contributed by atoms with Crippen LogP contribution >= 0.6 is 11.8 Å². The molecule has 110 valence electrons. The molecule has 0 atom stereocenters. The molecule has 21 heavy (non-hydrogen) atoms. The Morgan fingerprint density at radius 3 is 2.43 bits per heavy atom. The van der Waals surface area contributed by atoms with Gasteiger partial charge in [0.1, 0.15) is 5.75 Å². The summed E-state index contributed by atoms with van der Waals surface area (Å²) in [6, 6.07) is 14.8. The summed E-state index contributed by atoms with van der Waals surface area (Å²) in [6.07, 6.45) is 0. The number of rotatable bonds is 5. The van der Waals surface area contributed by atoms with Crippen LogP contribution < -0.4 is 4.90 Å². The molecule has 0 spiro atoms. The highest BCUT2D eigenvalue weighted by atomic mass is 32.2. The largest absolute Gasteiger partial charge is 0.508 e. The van der Waals surface area contributed by atoms with Crippen molar-refractivity contribution in [1.82, 2.24) is 0 Å². The van der Waals surface area contributed by atoms with E-state index in [9.17, 15) is 9.90 Å². The molecule has 0 aliphatic heterocycles. The van der Waals surface area contributed by atoms with Crippen LogP contribution in [0.3, 0.4) is 0 Å². The van der Waals surface area contributed by atoms with Crippen LogP contribution in [0, 0.1) is 6.92 Å². The molecule has 0 aliphatic carbocycles. The van der Waals surface area contributed by atoms with Gasteiger partial charge in [0.15, 0.2) is 0 Å². The van der Waals surface area contributed by atoms with E-state index in [0.29, 0.717) is 12.3 Å². The third kappa shape index (κ3) is 4.02. The number of phenols is 1. The SMILES string of the molecule is CCN(C(=O)CSc1ccc(O)cc1)c1ccccc1C. The molecule has 0 aliphatic rings. The molecule has 0 aromatic heterocycles. The highest BCUT2D eigenvalue weighted by molar-refractivity contribution is 8.00. The van der Waals surface area contributed by atoms with Gasteiger partial charge in [-0.25, -0.2) is 0 Å². The average Bonchev–Trinajstić information content (AvgIpc) is 2.49. The number of benzene rings is 2. The summed E-state index contributed by atoms with van der Waals surface area (Å²) < 4.78 is 0. The number of nitrogens with zero attached hydrogens (tertiary/aromatic N) is 1. The number of anilines is 1. The summed E-state index contributed by atoms with van der Waals surface area (Å²) in [4.78, 5) is 15.2. The third-order valence-electron chi connectivity index (χ3n) is 3.22. The predicted molar refractivity (Wildman–Crippen MR) is 88.0 cm³/mol. The number of amides is 1. The van der Waals surface area contributed by atoms with E-state index >= 15 is 0 Å². The first-order chi connectivity index (χ1) is 10.1. The molecule has 2 aromatic rings. The van der Waals surface area contributed by atoms with Gasteiger partial charge in [0, 0.05) is 17.1 Å². The summed E-state index contributed by atoms with van der Waals surface area (Å²) in [5.74, 6) is 0.707. The zero-order valence-electron chi connectivity index (χ0n) is 12.2. The zero-order chi connectivity index (χ0) is 15.2. The summed E-state index contributed by atoms with van der Waals surface area (Å²) in [7, 11) is 0. The number of phenolic OH excluding ortho intramolecular Hbond substituents is 1. The summed E-state index contributed by atoms with van der Waals surface area (Å²) in [5, 5.41) is 9.26. The molecule has 0 saturated heterocycles. The van der Waals surface area contributed by atoms with E-state index in [1.807, 2.05) is 55.1 Å². The minimum Gasteiger partial charge on any atom is -0.508 e. The number of hydrogen-bond donors (Lipinski definition) is 1. The number of aryl methyl sites for hydroxylation is 1. The molecule has 0 bridgehead atoms. The second-order valence-electron chi connectivity index (χ2n) is 4.71. The predicted octanol–water partition coefficient (Wildman–Crippen LogP) is 3.85. The molecule has 0 fully saturated rings. The Morgan fingerprint density at radius 1 is 1.14 bits per heavy atom. The second kappa shape index (κ2) is 7.18. The fourth-order valence-corrected chi connectivity index (χ4v) is 2.89. The summed E-state index contributed by atoms with van der Waals surface area (Å²) >= 11 is 1.48. The van der Waals surface area contributed by atoms with Crippen molar-refractivity contribution >= 4 is 23.4 Å². The number of carbonyl (C=O) groups excluding carboxylic acids is 1. The first kappa shape index (κ1) is 15.4. The van der Waals surface area contributed by atoms with Crippen LogP contribution in [-0.2, 0) is 4.79 Å². The van der Waals surface area contributed by atoms with Crippen LogP contribution in [0.2, 0.25) is 0 Å². The van der Waals surface area contributed by atoms with Gasteiger partial charge in [-0.3, -0.25) is 4.79 Å². The minimum atomic E-state index is 0.0878. The van der Waals surface area contributed by atoms with Crippen molar-refractivity contribution in [3.05, 3.63) is 54.1 Å². The molecule has 0 unspecified atom stereocenters. The molecule has 4 heteroatoms. The van der Waals surface area contributed by atoms with Gasteiger partial charge < -0.3 is 10.0 Å². The molecule has 1 N–H and O–H groups in total. The molecule has 2 rings (SSSR count). The molecular formula is C17H19NO2S. The van der Waals surface area contributed by atoms with Gasteiger partial charge in [-0.2, -0.15) is 0 Å². The normalized spacial score (nSPS) is 10.4. The molecule has 0 heterocycles. The van der Waals surface area contributed by atoms with Gasteiger partial charge in [0.25, 0.3) is 0 Å².